The molecule has 0 radical (unpaired) electrons. The summed E-state index contributed by atoms with van der Waals surface area (Å²) in [5.74, 6) is 1.42. The number of benzene rings is 4. The molecule has 0 saturated carbocycles. The Bertz CT molecular complexity index is 3190. The number of fused-ring (bicyclic) bond motifs is 2. The van der Waals surface area contributed by atoms with Crippen molar-refractivity contribution in [2.45, 2.75) is 0 Å². The van der Waals surface area contributed by atoms with Gasteiger partial charge in [-0.3, -0.25) is 28.7 Å². The molecule has 0 fully saturated rings. The lowest BCUT2D eigenvalue weighted by molar-refractivity contribution is 0.355. The molecule has 62 heavy (non-hydrogen) atoms. The maximum absolute atomic E-state index is 14.9. The second-order valence-electron chi connectivity index (χ2n) is 13.2. The first-order valence-electron chi connectivity index (χ1n) is 18.3. The quantitative estimate of drug-likeness (QED) is 0.132. The van der Waals surface area contributed by atoms with E-state index in [1.807, 2.05) is 0 Å². The molecule has 0 bridgehead atoms. The van der Waals surface area contributed by atoms with E-state index < -0.39 is 22.9 Å². The average Bonchev–Trinajstić information content (AvgIpc) is 3.28. The maximum atomic E-state index is 14.9. The zero-order valence-electron chi connectivity index (χ0n) is 33.8. The minimum Gasteiger partial charge on any atom is -0.493 e. The van der Waals surface area contributed by atoms with E-state index >= 15 is 0 Å². The van der Waals surface area contributed by atoms with Gasteiger partial charge in [-0.05, 0) is 71.3 Å². The Kier molecular flexibility index (Phi) is 12.2. The van der Waals surface area contributed by atoms with Gasteiger partial charge < -0.3 is 33.4 Å². The first kappa shape index (κ1) is 42.3. The minimum atomic E-state index is -0.670. The predicted molar refractivity (Wildman–Crippen MR) is 227 cm³/mol. The monoisotopic (exact) mass is 864 g/mol. The largest absolute Gasteiger partial charge is 0.493 e. The van der Waals surface area contributed by atoms with Crippen LogP contribution in [0.4, 0.5) is 8.78 Å². The molecule has 8 aromatic rings. The summed E-state index contributed by atoms with van der Waals surface area (Å²) in [6.45, 7) is 0. The number of aromatic amines is 1. The standard InChI is InChI=1S/C22H17ClFN3O4.C22H18FN3O5/c1-27-21(28)14(11-26-22(27)23)12-4-5-18(15(24)8-12)31-17-6-7-25-16-10-20(30-3)19(29-2)9-13(16)17;1-26-21(27)14(11-25-22(26)28)12-4-5-18(15(23)8-12)31-17-6-7-24-16-10-20(30-3)19(29-2)9-13(16)17/h4-11H,1-3H3;4-11H,1-3H3,(H,25,28). The fourth-order valence-electron chi connectivity index (χ4n) is 6.31. The number of hydrogen-bond acceptors (Lipinski definition) is 12. The molecule has 1 N–H and O–H groups in total. The lowest BCUT2D eigenvalue weighted by Gasteiger charge is -2.13. The average molecular weight is 865 g/mol. The van der Waals surface area contributed by atoms with Gasteiger partial charge in [-0.15, -0.1) is 0 Å². The van der Waals surface area contributed by atoms with Gasteiger partial charge in [0.15, 0.2) is 46.1 Å². The highest BCUT2D eigenvalue weighted by Crippen LogP contribution is 2.39. The number of pyridine rings is 2. The number of ether oxygens (including phenoxy) is 6. The molecule has 0 spiro atoms. The summed E-state index contributed by atoms with van der Waals surface area (Å²) < 4.78 is 64.7. The highest BCUT2D eigenvalue weighted by Gasteiger charge is 2.17. The summed E-state index contributed by atoms with van der Waals surface area (Å²) in [5, 5.41) is 1.28. The smallest absolute Gasteiger partial charge is 0.328 e. The molecule has 0 saturated heterocycles. The van der Waals surface area contributed by atoms with Crippen molar-refractivity contribution in [2.24, 2.45) is 14.1 Å². The van der Waals surface area contributed by atoms with Crippen LogP contribution in [-0.2, 0) is 14.1 Å². The fraction of sp³-hybridized carbons (Fsp3) is 0.136. The maximum Gasteiger partial charge on any atom is 0.328 e. The first-order chi connectivity index (χ1) is 29.8. The number of aromatic nitrogens is 6. The van der Waals surface area contributed by atoms with Crippen LogP contribution in [0.2, 0.25) is 5.28 Å². The van der Waals surface area contributed by atoms with Crippen LogP contribution >= 0.6 is 11.6 Å². The molecule has 0 unspecified atom stereocenters. The lowest BCUT2D eigenvalue weighted by atomic mass is 10.1. The molecule has 0 aliphatic heterocycles. The molecule has 0 aliphatic rings. The molecule has 4 heterocycles. The molecular weight excluding hydrogens is 830 g/mol. The SMILES string of the molecule is COc1cc2nccc(Oc3ccc(-c4c[nH]c(=O)n(C)c4=O)cc3F)c2cc1OC.COc1cc2nccc(Oc3ccc(-c4cnc(Cl)n(C)c4=O)cc3F)c2cc1OC. The number of nitrogens with one attached hydrogen (secondary N) is 1. The van der Waals surface area contributed by atoms with Gasteiger partial charge in [0.1, 0.15) is 11.5 Å². The van der Waals surface area contributed by atoms with Crippen LogP contribution in [0.1, 0.15) is 0 Å². The van der Waals surface area contributed by atoms with Crippen molar-refractivity contribution >= 4 is 33.4 Å². The van der Waals surface area contributed by atoms with E-state index in [1.165, 1.54) is 83.8 Å². The number of hydrogen-bond donors (Lipinski definition) is 1. The van der Waals surface area contributed by atoms with Crippen molar-refractivity contribution in [1.82, 2.24) is 29.1 Å². The molecule has 0 atom stereocenters. The molecule has 8 rings (SSSR count). The second kappa shape index (κ2) is 17.8. The van der Waals surface area contributed by atoms with Crippen LogP contribution in [-0.4, -0.2) is 57.5 Å². The summed E-state index contributed by atoms with van der Waals surface area (Å²) >= 11 is 5.84. The second-order valence-corrected chi connectivity index (χ2v) is 13.6. The van der Waals surface area contributed by atoms with Gasteiger partial charge in [-0.2, -0.15) is 0 Å². The summed E-state index contributed by atoms with van der Waals surface area (Å²) in [4.78, 5) is 51.2. The van der Waals surface area contributed by atoms with Crippen molar-refractivity contribution in [1.29, 1.82) is 0 Å². The Morgan fingerprint density at radius 1 is 0.548 bits per heavy atom. The molecule has 316 valence electrons. The van der Waals surface area contributed by atoms with E-state index in [2.05, 4.69) is 19.9 Å². The Hall–Kier alpha value is -7.79. The van der Waals surface area contributed by atoms with Gasteiger partial charge in [-0.1, -0.05) is 12.1 Å². The van der Waals surface area contributed by atoms with Gasteiger partial charge in [0.2, 0.25) is 5.28 Å². The number of methoxy groups -OCH3 is 4. The molecule has 4 aromatic heterocycles. The summed E-state index contributed by atoms with van der Waals surface area (Å²) in [5.41, 5.74) is 0.792. The normalized spacial score (nSPS) is 10.9. The van der Waals surface area contributed by atoms with Crippen LogP contribution < -0.4 is 45.2 Å². The van der Waals surface area contributed by atoms with Gasteiger partial charge in [0, 0.05) is 61.8 Å². The van der Waals surface area contributed by atoms with E-state index in [0.29, 0.717) is 67.4 Å². The van der Waals surface area contributed by atoms with Crippen LogP contribution in [0.3, 0.4) is 0 Å². The van der Waals surface area contributed by atoms with Crippen molar-refractivity contribution in [2.75, 3.05) is 28.4 Å². The molecular formula is C44H35ClF2N6O9. The van der Waals surface area contributed by atoms with E-state index in [-0.39, 0.29) is 33.5 Å². The molecule has 18 heteroatoms. The zero-order valence-corrected chi connectivity index (χ0v) is 34.5. The van der Waals surface area contributed by atoms with Crippen molar-refractivity contribution in [3.05, 3.63) is 146 Å². The fourth-order valence-corrected chi connectivity index (χ4v) is 6.43. The van der Waals surface area contributed by atoms with E-state index in [1.54, 1.807) is 60.9 Å². The zero-order chi connectivity index (χ0) is 44.2. The highest BCUT2D eigenvalue weighted by molar-refractivity contribution is 6.28. The van der Waals surface area contributed by atoms with Gasteiger partial charge in [-0.25, -0.2) is 18.6 Å². The van der Waals surface area contributed by atoms with Crippen LogP contribution in [0.15, 0.2) is 112 Å². The van der Waals surface area contributed by atoms with Gasteiger partial charge >= 0.3 is 5.69 Å². The number of nitrogens with zero attached hydrogens (tertiary/aromatic N) is 5. The highest BCUT2D eigenvalue weighted by atomic mass is 35.5. The minimum absolute atomic E-state index is 0.00946. The third kappa shape index (κ3) is 8.33. The third-order valence-electron chi connectivity index (χ3n) is 9.63. The lowest BCUT2D eigenvalue weighted by Crippen LogP contribution is -2.32. The van der Waals surface area contributed by atoms with E-state index in [9.17, 15) is 23.2 Å². The Morgan fingerprint density at radius 2 is 1.00 bits per heavy atom. The van der Waals surface area contributed by atoms with Crippen molar-refractivity contribution in [3.8, 4) is 68.2 Å². The van der Waals surface area contributed by atoms with Gasteiger partial charge in [0.25, 0.3) is 11.1 Å². The Balaban J connectivity index is 0.000000186. The van der Waals surface area contributed by atoms with E-state index in [4.69, 9.17) is 40.0 Å². The summed E-state index contributed by atoms with van der Waals surface area (Å²) in [6.07, 6.45) is 5.67. The number of H-pyrrole nitrogens is 1. The first-order valence-corrected chi connectivity index (χ1v) is 18.7. The molecule has 4 aromatic carbocycles. The van der Waals surface area contributed by atoms with Crippen LogP contribution in [0.5, 0.6) is 46.0 Å². The van der Waals surface area contributed by atoms with Crippen LogP contribution in [0.25, 0.3) is 44.1 Å². The third-order valence-corrected chi connectivity index (χ3v) is 9.98. The topological polar surface area (TPSA) is 171 Å². The number of rotatable bonds is 10. The Labute approximate surface area is 355 Å². The van der Waals surface area contributed by atoms with Crippen molar-refractivity contribution in [3.63, 3.8) is 0 Å². The predicted octanol–water partition coefficient (Wildman–Crippen LogP) is 7.83. The van der Waals surface area contributed by atoms with Crippen molar-refractivity contribution < 1.29 is 37.2 Å². The summed E-state index contributed by atoms with van der Waals surface area (Å²) in [7, 11) is 8.93. The Morgan fingerprint density at radius 3 is 1.47 bits per heavy atom. The van der Waals surface area contributed by atoms with Gasteiger partial charge in [0.05, 0.1) is 50.6 Å². The molecule has 0 aliphatic carbocycles. The van der Waals surface area contributed by atoms with Crippen LogP contribution in [0, 0.1) is 11.6 Å². The van der Waals surface area contributed by atoms with E-state index in [0.717, 1.165) is 4.57 Å². The molecule has 15 nitrogen and oxygen atoms in total. The molecule has 0 amide bonds. The summed E-state index contributed by atoms with van der Waals surface area (Å²) in [6, 6.07) is 18.5. The number of halogens is 3.